The lowest BCUT2D eigenvalue weighted by Crippen LogP contribution is -2.54. The molecular formula is C46H84OSi. The van der Waals surface area contributed by atoms with Gasteiger partial charge in [0, 0.05) is 6.61 Å². The third-order valence-electron chi connectivity index (χ3n) is 17.2. The summed E-state index contributed by atoms with van der Waals surface area (Å²) in [7, 11) is -1.56. The molecule has 0 saturated heterocycles. The van der Waals surface area contributed by atoms with Crippen molar-refractivity contribution >= 4 is 8.07 Å². The molecule has 1 nitrogen and oxygen atoms in total. The van der Waals surface area contributed by atoms with Gasteiger partial charge in [0.25, 0.3) is 0 Å². The van der Waals surface area contributed by atoms with E-state index in [9.17, 15) is 0 Å². The van der Waals surface area contributed by atoms with Crippen LogP contribution in [0.25, 0.3) is 0 Å². The largest absolute Gasteiger partial charge is 0.377 e. The lowest BCUT2D eigenvalue weighted by atomic mass is 9.56. The molecule has 48 heavy (non-hydrogen) atoms. The Kier molecular flexibility index (Phi) is 11.5. The molecule has 0 aromatic rings. The minimum Gasteiger partial charge on any atom is -0.377 e. The van der Waals surface area contributed by atoms with Gasteiger partial charge in [-0.15, -0.1) is 0 Å². The number of ether oxygens (including phenoxy) is 1. The van der Waals surface area contributed by atoms with Gasteiger partial charge in [0.05, 0.1) is 14.2 Å². The van der Waals surface area contributed by atoms with Crippen molar-refractivity contribution in [2.24, 2.45) is 87.8 Å². The van der Waals surface area contributed by atoms with E-state index in [0.717, 1.165) is 82.8 Å². The topological polar surface area (TPSA) is 9.23 Å². The molecule has 6 rings (SSSR count). The zero-order valence-corrected chi connectivity index (χ0v) is 35.5. The first kappa shape index (κ1) is 37.9. The fourth-order valence-electron chi connectivity index (χ4n) is 15.6. The zero-order valence-electron chi connectivity index (χ0n) is 34.5. The summed E-state index contributed by atoms with van der Waals surface area (Å²) in [4.78, 5) is 0. The van der Waals surface area contributed by atoms with Crippen LogP contribution in [0.4, 0.5) is 0 Å². The molecule has 0 N–H and O–H groups in total. The van der Waals surface area contributed by atoms with E-state index in [1.54, 1.807) is 19.3 Å². The van der Waals surface area contributed by atoms with Crippen LogP contribution in [0.3, 0.4) is 0 Å². The maximum Gasteiger partial charge on any atom is 0.0642 e. The van der Waals surface area contributed by atoms with Gasteiger partial charge >= 0.3 is 0 Å². The van der Waals surface area contributed by atoms with Gasteiger partial charge in [-0.1, -0.05) is 127 Å². The Morgan fingerprint density at radius 3 is 1.75 bits per heavy atom. The summed E-state index contributed by atoms with van der Waals surface area (Å²) in [5.74, 6) is 11.9. The minimum absolute atomic E-state index is 0.315. The highest BCUT2D eigenvalue weighted by Crippen LogP contribution is 2.68. The molecule has 6 saturated carbocycles. The van der Waals surface area contributed by atoms with E-state index in [-0.39, 0.29) is 0 Å². The van der Waals surface area contributed by atoms with Crippen molar-refractivity contribution in [3.8, 4) is 0 Å². The van der Waals surface area contributed by atoms with Gasteiger partial charge < -0.3 is 4.74 Å². The molecule has 0 amide bonds. The molecule has 6 fully saturated rings. The Hall–Kier alpha value is 0.177. The average molecular weight is 681 g/mol. The van der Waals surface area contributed by atoms with Crippen LogP contribution in [0.5, 0.6) is 0 Å². The molecule has 10 unspecified atom stereocenters. The van der Waals surface area contributed by atoms with Crippen molar-refractivity contribution in [1.82, 2.24) is 0 Å². The zero-order chi connectivity index (χ0) is 34.8. The maximum atomic E-state index is 7.21. The number of fused-ring (bicyclic) bond motifs is 2. The Morgan fingerprint density at radius 1 is 0.583 bits per heavy atom. The highest BCUT2D eigenvalue weighted by Gasteiger charge is 2.63. The molecule has 0 heterocycles. The first-order valence-electron chi connectivity index (χ1n) is 22.1. The minimum atomic E-state index is -1.56. The first-order valence-corrected chi connectivity index (χ1v) is 25.3. The lowest BCUT2D eigenvalue weighted by molar-refractivity contribution is -0.137. The molecule has 278 valence electrons. The molecule has 0 spiro atoms. The van der Waals surface area contributed by atoms with Crippen LogP contribution < -0.4 is 0 Å². The fraction of sp³-hybridized carbons (Fsp3) is 1.00. The van der Waals surface area contributed by atoms with Crippen LogP contribution in [0.2, 0.25) is 24.2 Å². The van der Waals surface area contributed by atoms with Gasteiger partial charge in [0.1, 0.15) is 0 Å². The second-order valence-electron chi connectivity index (χ2n) is 22.9. The SMILES string of the molecule is CC(C)COC1C(C(C)(C)C)CC2C(CC(C)C2[Si](C)(C)C2C(C)CC3C2CCC[C@@H]3C2CCC(C(C)(C)C)CC2)[C@H]1C1CCCCC1. The lowest BCUT2D eigenvalue weighted by Gasteiger charge is -2.55. The van der Waals surface area contributed by atoms with Gasteiger partial charge in [-0.3, -0.25) is 0 Å². The molecular weight excluding hydrogens is 597 g/mol. The molecule has 0 aromatic carbocycles. The molecule has 2 heteroatoms. The van der Waals surface area contributed by atoms with Crippen molar-refractivity contribution in [2.45, 2.75) is 196 Å². The summed E-state index contributed by atoms with van der Waals surface area (Å²) in [5.41, 5.74) is 2.88. The summed E-state index contributed by atoms with van der Waals surface area (Å²) in [6, 6.07) is 0. The highest BCUT2D eigenvalue weighted by atomic mass is 28.3. The van der Waals surface area contributed by atoms with E-state index in [4.69, 9.17) is 4.74 Å². The third kappa shape index (κ3) is 7.36. The standard InChI is InChI=1S/C46H84OSi/c1-29(2)28-47-42-40(46(8,9)10)27-39-38(41(42)33-17-14-13-15-18-33)26-31(4)44(39)48(11,12)43-30(3)25-37-35(19-16-20-36(37)43)32-21-23-34(24-22-32)45(5,6)7/h29-44H,13-28H2,1-12H3/t30?,31?,32?,34?,35-,36?,37?,38?,39?,40?,41-,42?,43?,44?/m1/s1. The molecule has 0 radical (unpaired) electrons. The summed E-state index contributed by atoms with van der Waals surface area (Å²) < 4.78 is 7.21. The molecule has 0 aliphatic heterocycles. The summed E-state index contributed by atoms with van der Waals surface area (Å²) >= 11 is 0. The molecule has 0 aromatic heterocycles. The van der Waals surface area contributed by atoms with Crippen LogP contribution in [0, 0.1) is 87.8 Å². The molecule has 12 atom stereocenters. The van der Waals surface area contributed by atoms with Crippen molar-refractivity contribution < 1.29 is 4.74 Å². The quantitative estimate of drug-likeness (QED) is 0.243. The predicted octanol–water partition coefficient (Wildman–Crippen LogP) is 13.9. The van der Waals surface area contributed by atoms with Gasteiger partial charge in [-0.2, -0.15) is 0 Å². The van der Waals surface area contributed by atoms with Crippen molar-refractivity contribution in [1.29, 1.82) is 0 Å². The van der Waals surface area contributed by atoms with E-state index < -0.39 is 8.07 Å². The van der Waals surface area contributed by atoms with Gasteiger partial charge in [-0.05, 0) is 150 Å². The average Bonchev–Trinajstić information content (AvgIpc) is 3.54. The van der Waals surface area contributed by atoms with Crippen molar-refractivity contribution in [2.75, 3.05) is 6.61 Å². The van der Waals surface area contributed by atoms with Crippen LogP contribution in [0.15, 0.2) is 0 Å². The summed E-state index contributed by atoms with van der Waals surface area (Å²) in [6.45, 7) is 32.4. The Labute approximate surface area is 302 Å². The van der Waals surface area contributed by atoms with Crippen LogP contribution in [0.1, 0.15) is 166 Å². The van der Waals surface area contributed by atoms with Crippen LogP contribution in [-0.2, 0) is 4.74 Å². The number of rotatable bonds is 7. The highest BCUT2D eigenvalue weighted by molar-refractivity contribution is 6.80. The maximum absolute atomic E-state index is 7.21. The first-order chi connectivity index (χ1) is 22.5. The van der Waals surface area contributed by atoms with Gasteiger partial charge in [-0.25, -0.2) is 0 Å². The van der Waals surface area contributed by atoms with E-state index in [2.05, 4.69) is 82.3 Å². The molecule has 0 bridgehead atoms. The summed E-state index contributed by atoms with van der Waals surface area (Å²) in [6.07, 6.45) is 23.1. The van der Waals surface area contributed by atoms with E-state index >= 15 is 0 Å². The van der Waals surface area contributed by atoms with E-state index in [1.165, 1.54) is 77.0 Å². The van der Waals surface area contributed by atoms with Crippen LogP contribution in [-0.4, -0.2) is 20.8 Å². The predicted molar refractivity (Wildman–Crippen MR) is 211 cm³/mol. The fourth-order valence-corrected chi connectivity index (χ4v) is 22.2. The normalized spacial score (nSPS) is 44.9. The van der Waals surface area contributed by atoms with Crippen LogP contribution >= 0.6 is 0 Å². The second-order valence-corrected chi connectivity index (χ2v) is 27.9. The molecule has 6 aliphatic rings. The Balaban J connectivity index is 1.26. The monoisotopic (exact) mass is 681 g/mol. The van der Waals surface area contributed by atoms with E-state index in [0.29, 0.717) is 28.8 Å². The van der Waals surface area contributed by atoms with Crippen molar-refractivity contribution in [3.05, 3.63) is 0 Å². The number of hydrogen-bond acceptors (Lipinski definition) is 1. The Morgan fingerprint density at radius 2 is 1.17 bits per heavy atom. The van der Waals surface area contributed by atoms with Gasteiger partial charge in [0.2, 0.25) is 0 Å². The van der Waals surface area contributed by atoms with Gasteiger partial charge in [0.15, 0.2) is 0 Å². The Bertz CT molecular complexity index is 1030. The second kappa shape index (κ2) is 14.5. The third-order valence-corrected chi connectivity index (χ3v) is 22.6. The summed E-state index contributed by atoms with van der Waals surface area (Å²) in [5, 5.41) is 0. The smallest absolute Gasteiger partial charge is 0.0642 e. The number of hydrogen-bond donors (Lipinski definition) is 0. The van der Waals surface area contributed by atoms with E-state index in [1.807, 2.05) is 0 Å². The van der Waals surface area contributed by atoms with Crippen molar-refractivity contribution in [3.63, 3.8) is 0 Å². The molecule has 6 aliphatic carbocycles.